The largest absolute Gasteiger partial charge is 0.383 e. The van der Waals surface area contributed by atoms with Gasteiger partial charge in [-0.2, -0.15) is 9.40 Å². The molecular formula is C13H16ClN5O3S. The summed E-state index contributed by atoms with van der Waals surface area (Å²) in [7, 11) is -2.00. The molecule has 1 saturated heterocycles. The molecule has 2 aromatic rings. The Morgan fingerprint density at radius 3 is 2.91 bits per heavy atom. The van der Waals surface area contributed by atoms with Crippen molar-refractivity contribution in [1.29, 1.82) is 0 Å². The predicted molar refractivity (Wildman–Crippen MR) is 84.3 cm³/mol. The van der Waals surface area contributed by atoms with Crippen molar-refractivity contribution in [3.8, 4) is 0 Å². The number of aryl methyl sites for hydroxylation is 1. The van der Waals surface area contributed by atoms with Gasteiger partial charge in [0.1, 0.15) is 10.7 Å². The van der Waals surface area contributed by atoms with Crippen molar-refractivity contribution >= 4 is 27.4 Å². The van der Waals surface area contributed by atoms with Gasteiger partial charge in [0.05, 0.1) is 23.9 Å². The van der Waals surface area contributed by atoms with Crippen LogP contribution in [0.4, 0.5) is 5.82 Å². The molecule has 0 radical (unpaired) electrons. The highest BCUT2D eigenvalue weighted by molar-refractivity contribution is 7.89. The van der Waals surface area contributed by atoms with E-state index in [2.05, 4.69) is 10.1 Å². The molecule has 0 spiro atoms. The van der Waals surface area contributed by atoms with E-state index >= 15 is 0 Å². The number of nitrogens with zero attached hydrogens (tertiary/aromatic N) is 4. The maximum atomic E-state index is 12.8. The number of anilines is 1. The van der Waals surface area contributed by atoms with Crippen LogP contribution in [0.5, 0.6) is 0 Å². The third kappa shape index (κ3) is 3.18. The minimum Gasteiger partial charge on any atom is -0.383 e. The molecule has 0 saturated carbocycles. The lowest BCUT2D eigenvalue weighted by Gasteiger charge is -2.31. The molecule has 8 nitrogen and oxygen atoms in total. The van der Waals surface area contributed by atoms with Crippen molar-refractivity contribution in [2.45, 2.75) is 11.0 Å². The fraction of sp³-hybridized carbons (Fsp3) is 0.385. The first-order valence-corrected chi connectivity index (χ1v) is 8.71. The zero-order chi connectivity index (χ0) is 16.6. The van der Waals surface area contributed by atoms with Crippen molar-refractivity contribution in [2.75, 3.05) is 25.4 Å². The van der Waals surface area contributed by atoms with Gasteiger partial charge in [0, 0.05) is 38.1 Å². The summed E-state index contributed by atoms with van der Waals surface area (Å²) in [6.45, 7) is 0.706. The molecule has 1 aliphatic rings. The molecule has 2 aromatic heterocycles. The first-order valence-electron chi connectivity index (χ1n) is 6.89. The molecule has 1 fully saturated rings. The number of nitrogen functional groups attached to an aromatic ring is 1. The summed E-state index contributed by atoms with van der Waals surface area (Å²) in [5.41, 5.74) is 6.53. The molecular weight excluding hydrogens is 342 g/mol. The van der Waals surface area contributed by atoms with E-state index in [1.807, 2.05) is 0 Å². The molecule has 1 atom stereocenters. The van der Waals surface area contributed by atoms with E-state index in [0.29, 0.717) is 0 Å². The number of hydrogen-bond donors (Lipinski definition) is 1. The van der Waals surface area contributed by atoms with E-state index in [4.69, 9.17) is 22.1 Å². The van der Waals surface area contributed by atoms with Crippen LogP contribution in [0.25, 0.3) is 0 Å². The molecule has 10 heteroatoms. The summed E-state index contributed by atoms with van der Waals surface area (Å²) in [5, 5.41) is 4.30. The third-order valence-electron chi connectivity index (χ3n) is 3.59. The molecule has 1 aliphatic heterocycles. The van der Waals surface area contributed by atoms with Crippen LogP contribution < -0.4 is 5.73 Å². The van der Waals surface area contributed by atoms with Gasteiger partial charge in [-0.1, -0.05) is 11.6 Å². The van der Waals surface area contributed by atoms with Crippen LogP contribution in [0.2, 0.25) is 5.02 Å². The van der Waals surface area contributed by atoms with Gasteiger partial charge in [0.25, 0.3) is 0 Å². The van der Waals surface area contributed by atoms with Gasteiger partial charge in [-0.3, -0.25) is 4.68 Å². The maximum Gasteiger partial charge on any atom is 0.246 e. The van der Waals surface area contributed by atoms with Gasteiger partial charge in [-0.25, -0.2) is 13.4 Å². The molecule has 0 amide bonds. The number of ether oxygens (including phenoxy) is 1. The number of aromatic nitrogens is 3. The van der Waals surface area contributed by atoms with Crippen LogP contribution in [0.15, 0.2) is 29.6 Å². The number of pyridine rings is 1. The minimum atomic E-state index is -3.80. The summed E-state index contributed by atoms with van der Waals surface area (Å²) in [6, 6.07) is 1.31. The summed E-state index contributed by atoms with van der Waals surface area (Å²) in [5.74, 6) is -0.0705. The van der Waals surface area contributed by atoms with Gasteiger partial charge >= 0.3 is 0 Å². The number of morpholine rings is 1. The van der Waals surface area contributed by atoms with Gasteiger partial charge in [-0.05, 0) is 6.07 Å². The summed E-state index contributed by atoms with van der Waals surface area (Å²) in [6.07, 6.45) is 4.40. The maximum absolute atomic E-state index is 12.8. The van der Waals surface area contributed by atoms with E-state index in [9.17, 15) is 8.42 Å². The van der Waals surface area contributed by atoms with E-state index in [1.165, 1.54) is 16.6 Å². The van der Waals surface area contributed by atoms with Gasteiger partial charge < -0.3 is 10.5 Å². The lowest BCUT2D eigenvalue weighted by atomic mass is 10.2. The van der Waals surface area contributed by atoms with Crippen molar-refractivity contribution in [2.24, 2.45) is 7.05 Å². The molecule has 23 heavy (non-hydrogen) atoms. The highest BCUT2D eigenvalue weighted by Crippen LogP contribution is 2.29. The molecule has 3 rings (SSSR count). The fourth-order valence-corrected chi connectivity index (χ4v) is 4.17. The monoisotopic (exact) mass is 357 g/mol. The van der Waals surface area contributed by atoms with Gasteiger partial charge in [0.15, 0.2) is 0 Å². The Morgan fingerprint density at radius 1 is 1.43 bits per heavy atom. The Morgan fingerprint density at radius 2 is 2.22 bits per heavy atom. The second-order valence-corrected chi connectivity index (χ2v) is 7.55. The van der Waals surface area contributed by atoms with Crippen molar-refractivity contribution < 1.29 is 13.2 Å². The molecule has 0 unspecified atom stereocenters. The normalized spacial score (nSPS) is 19.8. The van der Waals surface area contributed by atoms with E-state index in [-0.39, 0.29) is 41.5 Å². The average Bonchev–Trinajstić information content (AvgIpc) is 2.96. The standard InChI is InChI=1S/C13H16ClN5O3S/c1-18-7-9(5-17-18)11-8-19(2-3-22-11)23(20,21)12-4-10(14)6-16-13(12)15/h4-7,11H,2-3,8H2,1H3,(H2,15,16)/t11-/m0/s1. The molecule has 0 bridgehead atoms. The second-order valence-electron chi connectivity index (χ2n) is 5.21. The summed E-state index contributed by atoms with van der Waals surface area (Å²) < 4.78 is 34.3. The number of hydrogen-bond acceptors (Lipinski definition) is 6. The zero-order valence-electron chi connectivity index (χ0n) is 12.4. The van der Waals surface area contributed by atoms with Crippen LogP contribution in [0.1, 0.15) is 11.7 Å². The van der Waals surface area contributed by atoms with Crippen molar-refractivity contribution in [3.63, 3.8) is 0 Å². The number of rotatable bonds is 3. The minimum absolute atomic E-state index is 0.0705. The van der Waals surface area contributed by atoms with E-state index in [1.54, 1.807) is 24.1 Å². The van der Waals surface area contributed by atoms with Crippen LogP contribution >= 0.6 is 11.6 Å². The fourth-order valence-electron chi connectivity index (χ4n) is 2.43. The number of sulfonamides is 1. The number of halogens is 1. The second kappa shape index (κ2) is 6.08. The smallest absolute Gasteiger partial charge is 0.246 e. The Balaban J connectivity index is 1.89. The topological polar surface area (TPSA) is 103 Å². The van der Waals surface area contributed by atoms with E-state index < -0.39 is 10.0 Å². The Labute approximate surface area is 138 Å². The van der Waals surface area contributed by atoms with Gasteiger partial charge in [0.2, 0.25) is 10.0 Å². The van der Waals surface area contributed by atoms with Crippen LogP contribution in [0.3, 0.4) is 0 Å². The molecule has 3 heterocycles. The molecule has 2 N–H and O–H groups in total. The Bertz CT molecular complexity index is 823. The average molecular weight is 358 g/mol. The molecule has 0 aromatic carbocycles. The van der Waals surface area contributed by atoms with Crippen molar-refractivity contribution in [1.82, 2.24) is 19.1 Å². The molecule has 124 valence electrons. The predicted octanol–water partition coefficient (Wildman–Crippen LogP) is 0.813. The lowest BCUT2D eigenvalue weighted by molar-refractivity contribution is -0.00258. The number of nitrogens with two attached hydrogens (primary N) is 1. The first kappa shape index (κ1) is 16.2. The third-order valence-corrected chi connectivity index (χ3v) is 5.69. The van der Waals surface area contributed by atoms with Crippen molar-refractivity contribution in [3.05, 3.63) is 35.2 Å². The quantitative estimate of drug-likeness (QED) is 0.872. The van der Waals surface area contributed by atoms with Gasteiger partial charge in [-0.15, -0.1) is 0 Å². The van der Waals surface area contributed by atoms with Crippen LogP contribution in [-0.4, -0.2) is 47.2 Å². The summed E-state index contributed by atoms with van der Waals surface area (Å²) in [4.78, 5) is 3.73. The zero-order valence-corrected chi connectivity index (χ0v) is 14.0. The lowest BCUT2D eigenvalue weighted by Crippen LogP contribution is -2.42. The highest BCUT2D eigenvalue weighted by Gasteiger charge is 2.33. The molecule has 0 aliphatic carbocycles. The first-order chi connectivity index (χ1) is 10.9. The SMILES string of the molecule is Cn1cc([C@@H]2CN(S(=O)(=O)c3cc(Cl)cnc3N)CCO2)cn1. The van der Waals surface area contributed by atoms with E-state index in [0.717, 1.165) is 5.56 Å². The van der Waals surface area contributed by atoms with Crippen LogP contribution in [-0.2, 0) is 21.8 Å². The highest BCUT2D eigenvalue weighted by atomic mass is 35.5. The Kier molecular flexibility index (Phi) is 4.28. The Hall–Kier alpha value is -1.68. The van der Waals surface area contributed by atoms with Crippen LogP contribution in [0, 0.1) is 0 Å². The summed E-state index contributed by atoms with van der Waals surface area (Å²) >= 11 is 5.85.